The van der Waals surface area contributed by atoms with Crippen LogP contribution in [0.25, 0.3) is 11.2 Å². The first kappa shape index (κ1) is 19.8. The number of aromatic amines is 1. The number of aromatic nitrogens is 4. The number of hydrogen-bond donors (Lipinski definition) is 5. The first-order valence-electron chi connectivity index (χ1n) is 7.22. The number of nitrogens with two attached hydrogens (primary N) is 1. The second-order valence-electron chi connectivity index (χ2n) is 5.46. The SMILES string of the molecule is N.Nc1nc2c(ncn2Cc2cccc(COCP(=O)(O)O)c2)c(=O)[nH]1. The highest BCUT2D eigenvalue weighted by atomic mass is 31.2. The topological polar surface area (TPSA) is 191 Å². The van der Waals surface area contributed by atoms with Crippen LogP contribution in [0.4, 0.5) is 5.95 Å². The van der Waals surface area contributed by atoms with Crippen LogP contribution in [0.2, 0.25) is 0 Å². The normalized spacial score (nSPS) is 11.5. The van der Waals surface area contributed by atoms with E-state index in [9.17, 15) is 9.36 Å². The molecule has 140 valence electrons. The monoisotopic (exact) mass is 382 g/mol. The summed E-state index contributed by atoms with van der Waals surface area (Å²) in [6.45, 7) is 0.479. The molecule has 0 spiro atoms. The van der Waals surface area contributed by atoms with Gasteiger partial charge in [-0.25, -0.2) is 4.98 Å². The second-order valence-corrected chi connectivity index (χ2v) is 7.05. The van der Waals surface area contributed by atoms with Gasteiger partial charge < -0.3 is 31.0 Å². The lowest BCUT2D eigenvalue weighted by atomic mass is 10.1. The van der Waals surface area contributed by atoms with Gasteiger partial charge in [-0.2, -0.15) is 4.98 Å². The lowest BCUT2D eigenvalue weighted by molar-refractivity contribution is 0.144. The third kappa shape index (κ3) is 4.75. The Bertz CT molecular complexity index is 1010. The Kier molecular flexibility index (Phi) is 5.90. The van der Waals surface area contributed by atoms with Gasteiger partial charge in [0, 0.05) is 0 Å². The number of H-pyrrole nitrogens is 1. The standard InChI is InChI=1S/C14H16N5O5P.H3N/c15-14-17-12-11(13(20)18-14)16-7-19(12)5-9-2-1-3-10(4-9)6-24-8-25(21,22)23;/h1-4,7H,5-6,8H2,(H2,21,22,23)(H3,15,17,18,20);1H3. The Morgan fingerprint density at radius 2 is 2.04 bits per heavy atom. The van der Waals surface area contributed by atoms with Crippen LogP contribution in [0.1, 0.15) is 11.1 Å². The summed E-state index contributed by atoms with van der Waals surface area (Å²) in [5.74, 6) is 0.0128. The lowest BCUT2D eigenvalue weighted by Crippen LogP contribution is -2.12. The predicted octanol–water partition coefficient (Wildman–Crippen LogP) is 0.564. The van der Waals surface area contributed by atoms with E-state index in [0.29, 0.717) is 12.2 Å². The molecule has 12 heteroatoms. The molecule has 0 bridgehead atoms. The van der Waals surface area contributed by atoms with Crippen LogP contribution in [-0.2, 0) is 22.5 Å². The maximum atomic E-state index is 11.8. The Labute approximate surface area is 147 Å². The third-order valence-corrected chi connectivity index (χ3v) is 3.88. The fourth-order valence-electron chi connectivity index (χ4n) is 2.38. The molecule has 0 fully saturated rings. The van der Waals surface area contributed by atoms with Crippen LogP contribution in [0.15, 0.2) is 35.4 Å². The molecule has 3 rings (SSSR count). The first-order valence-corrected chi connectivity index (χ1v) is 9.02. The zero-order valence-electron chi connectivity index (χ0n) is 13.7. The molecular formula is C14H19N6O5P. The number of anilines is 1. The van der Waals surface area contributed by atoms with Gasteiger partial charge in [0.1, 0.15) is 6.35 Å². The zero-order valence-corrected chi connectivity index (χ0v) is 14.6. The van der Waals surface area contributed by atoms with Gasteiger partial charge in [0.2, 0.25) is 5.95 Å². The minimum atomic E-state index is -4.19. The summed E-state index contributed by atoms with van der Waals surface area (Å²) in [7, 11) is -4.19. The molecule has 26 heavy (non-hydrogen) atoms. The maximum absolute atomic E-state index is 11.8. The summed E-state index contributed by atoms with van der Waals surface area (Å²) in [5.41, 5.74) is 7.40. The molecule has 0 unspecified atom stereocenters. The van der Waals surface area contributed by atoms with E-state index in [-0.39, 0.29) is 24.2 Å². The van der Waals surface area contributed by atoms with E-state index in [1.807, 2.05) is 12.1 Å². The first-order chi connectivity index (χ1) is 11.8. The average molecular weight is 382 g/mol. The minimum absolute atomic E-state index is 0. The molecule has 2 aromatic heterocycles. The van der Waals surface area contributed by atoms with Crippen molar-refractivity contribution >= 4 is 24.7 Å². The number of hydrogen-bond acceptors (Lipinski definition) is 7. The summed E-state index contributed by atoms with van der Waals surface area (Å²) < 4.78 is 17.5. The minimum Gasteiger partial charge on any atom is -0.369 e. The Morgan fingerprint density at radius 3 is 2.77 bits per heavy atom. The number of rotatable bonds is 6. The Hall–Kier alpha value is -2.56. The van der Waals surface area contributed by atoms with Crippen LogP contribution in [0.3, 0.4) is 0 Å². The highest BCUT2D eigenvalue weighted by Crippen LogP contribution is 2.34. The van der Waals surface area contributed by atoms with Crippen LogP contribution in [0.5, 0.6) is 0 Å². The van der Waals surface area contributed by atoms with Crippen LogP contribution in [-0.4, -0.2) is 35.7 Å². The van der Waals surface area contributed by atoms with Crippen molar-refractivity contribution in [1.29, 1.82) is 0 Å². The van der Waals surface area contributed by atoms with Gasteiger partial charge in [0.15, 0.2) is 11.2 Å². The van der Waals surface area contributed by atoms with Crippen LogP contribution >= 0.6 is 7.60 Å². The molecule has 8 N–H and O–H groups in total. The highest BCUT2D eigenvalue weighted by molar-refractivity contribution is 7.51. The van der Waals surface area contributed by atoms with E-state index in [0.717, 1.165) is 11.1 Å². The molecule has 0 atom stereocenters. The Balaban J connectivity index is 0.00000243. The van der Waals surface area contributed by atoms with E-state index < -0.39 is 19.5 Å². The molecular weight excluding hydrogens is 363 g/mol. The van der Waals surface area contributed by atoms with Crippen LogP contribution in [0, 0.1) is 0 Å². The fourth-order valence-corrected chi connectivity index (χ4v) is 2.71. The Morgan fingerprint density at radius 1 is 1.31 bits per heavy atom. The molecule has 3 aromatic rings. The van der Waals surface area contributed by atoms with Crippen molar-refractivity contribution in [3.63, 3.8) is 0 Å². The van der Waals surface area contributed by atoms with Gasteiger partial charge in [-0.3, -0.25) is 14.3 Å². The number of nitrogens with one attached hydrogen (secondary N) is 1. The number of fused-ring (bicyclic) bond motifs is 1. The van der Waals surface area contributed by atoms with Crippen molar-refractivity contribution in [2.75, 3.05) is 12.1 Å². The molecule has 1 aromatic carbocycles. The molecule has 0 aliphatic heterocycles. The molecule has 0 saturated heterocycles. The summed E-state index contributed by atoms with van der Waals surface area (Å²) in [6, 6.07) is 7.30. The van der Waals surface area contributed by atoms with Crippen molar-refractivity contribution in [3.8, 4) is 0 Å². The number of imidazole rings is 1. The highest BCUT2D eigenvalue weighted by Gasteiger charge is 2.13. The van der Waals surface area contributed by atoms with Gasteiger partial charge in [-0.1, -0.05) is 24.3 Å². The molecule has 0 saturated carbocycles. The van der Waals surface area contributed by atoms with Gasteiger partial charge >= 0.3 is 7.60 Å². The van der Waals surface area contributed by atoms with Gasteiger partial charge in [0.25, 0.3) is 5.56 Å². The molecule has 0 aliphatic rings. The predicted molar refractivity (Wildman–Crippen MR) is 94.8 cm³/mol. The second kappa shape index (κ2) is 7.77. The van der Waals surface area contributed by atoms with Crippen molar-refractivity contribution in [1.82, 2.24) is 25.7 Å². The molecule has 0 radical (unpaired) electrons. The number of nitrogens with zero attached hydrogens (tertiary/aromatic N) is 3. The van der Waals surface area contributed by atoms with Crippen molar-refractivity contribution in [2.24, 2.45) is 0 Å². The summed E-state index contributed by atoms with van der Waals surface area (Å²) in [6.07, 6.45) is 0.874. The third-order valence-electron chi connectivity index (χ3n) is 3.37. The summed E-state index contributed by atoms with van der Waals surface area (Å²) >= 11 is 0. The van der Waals surface area contributed by atoms with Crippen molar-refractivity contribution in [3.05, 3.63) is 52.1 Å². The van der Waals surface area contributed by atoms with Gasteiger partial charge in [-0.05, 0) is 11.1 Å². The van der Waals surface area contributed by atoms with E-state index in [1.165, 1.54) is 6.33 Å². The fraction of sp³-hybridized carbons (Fsp3) is 0.214. The van der Waals surface area contributed by atoms with E-state index in [1.54, 1.807) is 16.7 Å². The van der Waals surface area contributed by atoms with E-state index >= 15 is 0 Å². The van der Waals surface area contributed by atoms with Gasteiger partial charge in [0.05, 0.1) is 19.5 Å². The average Bonchev–Trinajstić information content (AvgIpc) is 2.89. The maximum Gasteiger partial charge on any atom is 0.350 e. The van der Waals surface area contributed by atoms with E-state index in [2.05, 4.69) is 15.0 Å². The van der Waals surface area contributed by atoms with Gasteiger partial charge in [-0.15, -0.1) is 0 Å². The van der Waals surface area contributed by atoms with Crippen molar-refractivity contribution in [2.45, 2.75) is 13.2 Å². The quantitative estimate of drug-likeness (QED) is 0.379. The number of ether oxygens (including phenoxy) is 1. The smallest absolute Gasteiger partial charge is 0.350 e. The summed E-state index contributed by atoms with van der Waals surface area (Å²) in [5, 5.41) is 0. The largest absolute Gasteiger partial charge is 0.369 e. The lowest BCUT2D eigenvalue weighted by Gasteiger charge is -2.08. The molecule has 0 aliphatic carbocycles. The molecule has 11 nitrogen and oxygen atoms in total. The van der Waals surface area contributed by atoms with Crippen LogP contribution < -0.4 is 17.4 Å². The number of nitrogen functional groups attached to an aromatic ring is 1. The van der Waals surface area contributed by atoms with Crippen molar-refractivity contribution < 1.29 is 19.1 Å². The van der Waals surface area contributed by atoms with E-state index in [4.69, 9.17) is 20.3 Å². The molecule has 0 amide bonds. The number of benzene rings is 1. The zero-order chi connectivity index (χ0) is 18.0. The molecule has 2 heterocycles. The summed E-state index contributed by atoms with van der Waals surface area (Å²) in [4.78, 5) is 39.9.